The average Bonchev–Trinajstić information content (AvgIpc) is 2.48. The Morgan fingerprint density at radius 2 is 1.85 bits per heavy atom. The van der Waals surface area contributed by atoms with Gasteiger partial charge in [-0.1, -0.05) is 18.2 Å². The number of sulfone groups is 1. The van der Waals surface area contributed by atoms with Gasteiger partial charge in [0.15, 0.2) is 6.01 Å². The summed E-state index contributed by atoms with van der Waals surface area (Å²) in [5, 5.41) is 11.7. The van der Waals surface area contributed by atoms with Crippen LogP contribution in [-0.2, 0) is 9.84 Å². The molecule has 4 nitrogen and oxygen atoms in total. The lowest BCUT2D eigenvalue weighted by Crippen LogP contribution is -2.07. The van der Waals surface area contributed by atoms with Gasteiger partial charge in [-0.05, 0) is 30.3 Å². The van der Waals surface area contributed by atoms with E-state index in [1.807, 2.05) is 12.1 Å². The van der Waals surface area contributed by atoms with Crippen LogP contribution in [0.2, 0.25) is 0 Å². The zero-order valence-electron chi connectivity index (χ0n) is 10.4. The first-order valence-corrected chi connectivity index (χ1v) is 7.37. The molecule has 1 N–H and O–H groups in total. The number of nitrogens with zero attached hydrogens (tertiary/aromatic N) is 1. The standard InChI is InChI=1S/C14H11FN2O2S/c15-10-20(18,19)14-8-11(9-16)6-7-13(14)17-12-4-2-1-3-5-12/h1-8,17H,10H2. The Morgan fingerprint density at radius 1 is 1.15 bits per heavy atom. The summed E-state index contributed by atoms with van der Waals surface area (Å²) in [5.74, 6) is 0. The van der Waals surface area contributed by atoms with Crippen molar-refractivity contribution in [3.8, 4) is 6.07 Å². The van der Waals surface area contributed by atoms with Gasteiger partial charge in [0.1, 0.15) is 0 Å². The van der Waals surface area contributed by atoms with E-state index in [1.165, 1.54) is 18.2 Å². The van der Waals surface area contributed by atoms with E-state index in [9.17, 15) is 12.8 Å². The normalized spacial score (nSPS) is 10.8. The third kappa shape index (κ3) is 2.95. The summed E-state index contributed by atoms with van der Waals surface area (Å²) >= 11 is 0. The van der Waals surface area contributed by atoms with E-state index in [1.54, 1.807) is 24.3 Å². The molecular weight excluding hydrogens is 279 g/mol. The summed E-state index contributed by atoms with van der Waals surface area (Å²) in [4.78, 5) is -0.220. The van der Waals surface area contributed by atoms with Crippen LogP contribution in [0.25, 0.3) is 0 Å². The van der Waals surface area contributed by atoms with Crippen molar-refractivity contribution < 1.29 is 12.8 Å². The lowest BCUT2D eigenvalue weighted by molar-refractivity contribution is 0.535. The van der Waals surface area contributed by atoms with Gasteiger partial charge in [-0.25, -0.2) is 12.8 Å². The first-order valence-electron chi connectivity index (χ1n) is 5.72. The SMILES string of the molecule is N#Cc1ccc(Nc2ccccc2)c(S(=O)(=O)CF)c1. The fourth-order valence-electron chi connectivity index (χ4n) is 1.69. The van der Waals surface area contributed by atoms with Crippen molar-refractivity contribution in [3.05, 3.63) is 54.1 Å². The largest absolute Gasteiger partial charge is 0.354 e. The van der Waals surface area contributed by atoms with Crippen molar-refractivity contribution in [2.24, 2.45) is 0 Å². The molecule has 0 aromatic heterocycles. The van der Waals surface area contributed by atoms with E-state index in [4.69, 9.17) is 5.26 Å². The molecule has 0 saturated heterocycles. The molecule has 6 heteroatoms. The highest BCUT2D eigenvalue weighted by atomic mass is 32.2. The molecule has 0 aliphatic rings. The molecule has 0 fully saturated rings. The van der Waals surface area contributed by atoms with Crippen molar-refractivity contribution in [2.75, 3.05) is 11.3 Å². The number of nitriles is 1. The maximum Gasteiger partial charge on any atom is 0.209 e. The molecule has 2 rings (SSSR count). The summed E-state index contributed by atoms with van der Waals surface area (Å²) in [5.41, 5.74) is 1.08. The van der Waals surface area contributed by atoms with Crippen LogP contribution in [-0.4, -0.2) is 14.4 Å². The fraction of sp³-hybridized carbons (Fsp3) is 0.0714. The van der Waals surface area contributed by atoms with Crippen LogP contribution < -0.4 is 5.32 Å². The Labute approximate surface area is 116 Å². The quantitative estimate of drug-likeness (QED) is 0.939. The van der Waals surface area contributed by atoms with Gasteiger partial charge in [0.25, 0.3) is 0 Å². The Balaban J connectivity index is 2.51. The number of anilines is 2. The highest BCUT2D eigenvalue weighted by molar-refractivity contribution is 7.91. The van der Waals surface area contributed by atoms with Gasteiger partial charge in [-0.2, -0.15) is 5.26 Å². The molecule has 102 valence electrons. The highest BCUT2D eigenvalue weighted by Gasteiger charge is 2.19. The maximum atomic E-state index is 12.7. The van der Waals surface area contributed by atoms with E-state index in [0.29, 0.717) is 5.69 Å². The van der Waals surface area contributed by atoms with Gasteiger partial charge in [0.2, 0.25) is 9.84 Å². The van der Waals surface area contributed by atoms with E-state index in [2.05, 4.69) is 5.32 Å². The van der Waals surface area contributed by atoms with E-state index in [-0.39, 0.29) is 16.1 Å². The second-order valence-electron chi connectivity index (χ2n) is 4.04. The topological polar surface area (TPSA) is 70.0 Å². The number of alkyl halides is 1. The van der Waals surface area contributed by atoms with Crippen LogP contribution >= 0.6 is 0 Å². The van der Waals surface area contributed by atoms with Crippen molar-refractivity contribution >= 4 is 21.2 Å². The second-order valence-corrected chi connectivity index (χ2v) is 5.93. The van der Waals surface area contributed by atoms with Crippen molar-refractivity contribution in [1.29, 1.82) is 5.26 Å². The molecule has 0 radical (unpaired) electrons. The number of halogens is 1. The second kappa shape index (κ2) is 5.72. The van der Waals surface area contributed by atoms with Gasteiger partial charge in [0.05, 0.1) is 22.2 Å². The number of hydrogen-bond acceptors (Lipinski definition) is 4. The predicted molar refractivity (Wildman–Crippen MR) is 74.0 cm³/mol. The summed E-state index contributed by atoms with van der Waals surface area (Å²) < 4.78 is 36.2. The smallest absolute Gasteiger partial charge is 0.209 e. The van der Waals surface area contributed by atoms with Crippen LogP contribution in [0.3, 0.4) is 0 Å². The molecule has 0 unspecified atom stereocenters. The van der Waals surface area contributed by atoms with E-state index >= 15 is 0 Å². The van der Waals surface area contributed by atoms with E-state index in [0.717, 1.165) is 0 Å². The molecule has 0 bridgehead atoms. The van der Waals surface area contributed by atoms with Crippen LogP contribution in [0.4, 0.5) is 15.8 Å². The van der Waals surface area contributed by atoms with Gasteiger partial charge in [-0.15, -0.1) is 0 Å². The molecule has 0 atom stereocenters. The predicted octanol–water partition coefficient (Wildman–Crippen LogP) is 3.00. The number of benzene rings is 2. The van der Waals surface area contributed by atoms with Gasteiger partial charge >= 0.3 is 0 Å². The molecule has 2 aromatic rings. The minimum atomic E-state index is -4.06. The Kier molecular flexibility index (Phi) is 4.01. The lowest BCUT2D eigenvalue weighted by atomic mass is 10.2. The molecule has 0 aliphatic carbocycles. The zero-order chi connectivity index (χ0) is 14.6. The van der Waals surface area contributed by atoms with Gasteiger partial charge in [-0.3, -0.25) is 0 Å². The fourth-order valence-corrected chi connectivity index (χ4v) is 2.57. The summed E-state index contributed by atoms with van der Waals surface area (Å²) in [6, 6.07) is 13.3. The Bertz CT molecular complexity index is 752. The third-order valence-corrected chi connectivity index (χ3v) is 3.94. The molecule has 20 heavy (non-hydrogen) atoms. The molecule has 0 heterocycles. The Morgan fingerprint density at radius 3 is 2.45 bits per heavy atom. The number of nitrogens with one attached hydrogen (secondary N) is 1. The van der Waals surface area contributed by atoms with Gasteiger partial charge in [0, 0.05) is 5.69 Å². The highest BCUT2D eigenvalue weighted by Crippen LogP contribution is 2.27. The summed E-state index contributed by atoms with van der Waals surface area (Å²) in [6.07, 6.45) is 0. The molecule has 0 amide bonds. The Hall–Kier alpha value is -2.39. The molecule has 2 aromatic carbocycles. The van der Waals surface area contributed by atoms with Crippen molar-refractivity contribution in [1.82, 2.24) is 0 Å². The van der Waals surface area contributed by atoms with E-state index < -0.39 is 15.8 Å². The first-order chi connectivity index (χ1) is 9.56. The van der Waals surface area contributed by atoms with Crippen LogP contribution in [0.1, 0.15) is 5.56 Å². The van der Waals surface area contributed by atoms with Crippen LogP contribution in [0.15, 0.2) is 53.4 Å². The summed E-state index contributed by atoms with van der Waals surface area (Å²) in [6.45, 7) is 0. The maximum absolute atomic E-state index is 12.7. The lowest BCUT2D eigenvalue weighted by Gasteiger charge is -2.11. The first kappa shape index (κ1) is 14.0. The third-order valence-electron chi connectivity index (χ3n) is 2.64. The molecule has 0 spiro atoms. The van der Waals surface area contributed by atoms with Gasteiger partial charge < -0.3 is 5.32 Å². The van der Waals surface area contributed by atoms with Crippen molar-refractivity contribution in [2.45, 2.75) is 4.90 Å². The molecular formula is C14H11FN2O2S. The minimum Gasteiger partial charge on any atom is -0.354 e. The van der Waals surface area contributed by atoms with Crippen LogP contribution in [0.5, 0.6) is 0 Å². The number of para-hydroxylation sites is 1. The minimum absolute atomic E-state index is 0.163. The average molecular weight is 290 g/mol. The van der Waals surface area contributed by atoms with Crippen LogP contribution in [0, 0.1) is 11.3 Å². The zero-order valence-corrected chi connectivity index (χ0v) is 11.2. The number of hydrogen-bond donors (Lipinski definition) is 1. The molecule has 0 saturated carbocycles. The monoisotopic (exact) mass is 290 g/mol. The number of rotatable bonds is 4. The van der Waals surface area contributed by atoms with Crippen molar-refractivity contribution in [3.63, 3.8) is 0 Å². The summed E-state index contributed by atoms with van der Waals surface area (Å²) in [7, 11) is -4.06. The molecule has 0 aliphatic heterocycles.